The summed E-state index contributed by atoms with van der Waals surface area (Å²) < 4.78 is 14.0. The number of fused-ring (bicyclic) bond motifs is 1. The number of nitrogens with two attached hydrogens (primary N) is 1. The Kier molecular flexibility index (Phi) is 3.01. The summed E-state index contributed by atoms with van der Waals surface area (Å²) in [5.74, 6) is -0.755. The van der Waals surface area contributed by atoms with Gasteiger partial charge in [0.1, 0.15) is 5.82 Å². The molecule has 2 N–H and O–H groups in total. The molecule has 0 aromatic heterocycles. The lowest BCUT2D eigenvalue weighted by molar-refractivity contribution is -0.115. The number of amides is 1. The SMILES string of the molecule is Cc1ccc(C2=NC3C=CC=C(C(N)=O)C3C2)c(F)c1. The van der Waals surface area contributed by atoms with Crippen LogP contribution in [0.2, 0.25) is 0 Å². The lowest BCUT2D eigenvalue weighted by Crippen LogP contribution is -2.26. The fourth-order valence-corrected chi connectivity index (χ4v) is 2.82. The molecule has 20 heavy (non-hydrogen) atoms. The third-order valence-corrected chi connectivity index (χ3v) is 3.83. The molecular formula is C16H15FN2O. The van der Waals surface area contributed by atoms with E-state index < -0.39 is 5.91 Å². The predicted octanol–water partition coefficient (Wildman–Crippen LogP) is 2.29. The largest absolute Gasteiger partial charge is 0.366 e. The molecule has 1 aliphatic carbocycles. The number of carbonyl (C=O) groups is 1. The Balaban J connectivity index is 1.94. The molecule has 1 heterocycles. The molecular weight excluding hydrogens is 255 g/mol. The number of hydrogen-bond donors (Lipinski definition) is 1. The monoisotopic (exact) mass is 270 g/mol. The van der Waals surface area contributed by atoms with Gasteiger partial charge in [0.25, 0.3) is 0 Å². The Morgan fingerprint density at radius 2 is 2.25 bits per heavy atom. The van der Waals surface area contributed by atoms with E-state index in [9.17, 15) is 9.18 Å². The van der Waals surface area contributed by atoms with E-state index in [1.54, 1.807) is 18.2 Å². The van der Waals surface area contributed by atoms with Crippen molar-refractivity contribution in [1.29, 1.82) is 0 Å². The highest BCUT2D eigenvalue weighted by Crippen LogP contribution is 2.34. The van der Waals surface area contributed by atoms with Crippen LogP contribution in [0.25, 0.3) is 0 Å². The van der Waals surface area contributed by atoms with Crippen molar-refractivity contribution in [2.75, 3.05) is 0 Å². The third-order valence-electron chi connectivity index (χ3n) is 3.83. The number of hydrogen-bond acceptors (Lipinski definition) is 2. The topological polar surface area (TPSA) is 55.4 Å². The number of primary amides is 1. The van der Waals surface area contributed by atoms with Gasteiger partial charge in [0.2, 0.25) is 5.91 Å². The molecule has 2 atom stereocenters. The lowest BCUT2D eigenvalue weighted by Gasteiger charge is -2.19. The molecule has 0 radical (unpaired) electrons. The van der Waals surface area contributed by atoms with Crippen molar-refractivity contribution in [3.05, 3.63) is 58.9 Å². The highest BCUT2D eigenvalue weighted by atomic mass is 19.1. The van der Waals surface area contributed by atoms with Gasteiger partial charge in [-0.25, -0.2) is 4.39 Å². The van der Waals surface area contributed by atoms with Gasteiger partial charge in [0.15, 0.2) is 0 Å². The summed E-state index contributed by atoms with van der Waals surface area (Å²) in [5.41, 5.74) is 8.06. The normalized spacial score (nSPS) is 24.1. The molecule has 2 aliphatic rings. The lowest BCUT2D eigenvalue weighted by atomic mass is 9.85. The van der Waals surface area contributed by atoms with Crippen LogP contribution < -0.4 is 5.73 Å². The number of aryl methyl sites for hydroxylation is 1. The van der Waals surface area contributed by atoms with E-state index >= 15 is 0 Å². The van der Waals surface area contributed by atoms with Crippen molar-refractivity contribution < 1.29 is 9.18 Å². The number of benzene rings is 1. The smallest absolute Gasteiger partial charge is 0.245 e. The second kappa shape index (κ2) is 4.71. The molecule has 102 valence electrons. The number of halogens is 1. The summed E-state index contributed by atoms with van der Waals surface area (Å²) in [7, 11) is 0. The van der Waals surface area contributed by atoms with Crippen LogP contribution in [0.1, 0.15) is 17.5 Å². The van der Waals surface area contributed by atoms with Gasteiger partial charge in [-0.3, -0.25) is 9.79 Å². The van der Waals surface area contributed by atoms with E-state index in [-0.39, 0.29) is 17.8 Å². The number of rotatable bonds is 2. The van der Waals surface area contributed by atoms with E-state index in [0.717, 1.165) is 5.56 Å². The van der Waals surface area contributed by atoms with Crippen molar-refractivity contribution in [3.63, 3.8) is 0 Å². The van der Waals surface area contributed by atoms with Gasteiger partial charge in [0.05, 0.1) is 6.04 Å². The Hall–Kier alpha value is -2.23. The quantitative estimate of drug-likeness (QED) is 0.880. The van der Waals surface area contributed by atoms with Crippen molar-refractivity contribution in [1.82, 2.24) is 0 Å². The summed E-state index contributed by atoms with van der Waals surface area (Å²) >= 11 is 0. The van der Waals surface area contributed by atoms with Crippen molar-refractivity contribution in [2.45, 2.75) is 19.4 Å². The van der Waals surface area contributed by atoms with Gasteiger partial charge in [-0.05, 0) is 31.0 Å². The zero-order valence-electron chi connectivity index (χ0n) is 11.1. The average Bonchev–Trinajstić information content (AvgIpc) is 2.81. The van der Waals surface area contributed by atoms with Gasteiger partial charge >= 0.3 is 0 Å². The molecule has 0 spiro atoms. The van der Waals surface area contributed by atoms with Crippen LogP contribution in [0.15, 0.2) is 47.0 Å². The molecule has 4 heteroatoms. The number of carbonyl (C=O) groups excluding carboxylic acids is 1. The number of aliphatic imine (C=N–C) groups is 1. The molecule has 0 saturated heterocycles. The van der Waals surface area contributed by atoms with Gasteiger partial charge < -0.3 is 5.73 Å². The Morgan fingerprint density at radius 3 is 2.95 bits per heavy atom. The molecule has 0 fully saturated rings. The van der Waals surface area contributed by atoms with Crippen LogP contribution in [-0.4, -0.2) is 17.7 Å². The van der Waals surface area contributed by atoms with Gasteiger partial charge in [-0.15, -0.1) is 0 Å². The summed E-state index contributed by atoms with van der Waals surface area (Å²) in [6.45, 7) is 1.85. The van der Waals surface area contributed by atoms with Crippen molar-refractivity contribution in [3.8, 4) is 0 Å². The van der Waals surface area contributed by atoms with E-state index in [4.69, 9.17) is 5.73 Å². The Labute approximate surface area is 116 Å². The summed E-state index contributed by atoms with van der Waals surface area (Å²) in [5, 5.41) is 0. The number of allylic oxidation sites excluding steroid dienone is 2. The standard InChI is InChI=1S/C16H15FN2O/c1-9-5-6-11(13(17)7-9)15-8-12-10(16(18)20)3-2-4-14(12)19-15/h2-7,12,14H,8H2,1H3,(H2,18,20). The first-order valence-corrected chi connectivity index (χ1v) is 6.57. The van der Waals surface area contributed by atoms with Crippen LogP contribution in [0, 0.1) is 18.7 Å². The van der Waals surface area contributed by atoms with Gasteiger partial charge in [-0.2, -0.15) is 0 Å². The van der Waals surface area contributed by atoms with Crippen LogP contribution >= 0.6 is 0 Å². The predicted molar refractivity (Wildman–Crippen MR) is 76.0 cm³/mol. The second-order valence-corrected chi connectivity index (χ2v) is 5.23. The van der Waals surface area contributed by atoms with Crippen LogP contribution in [0.3, 0.4) is 0 Å². The molecule has 1 aromatic rings. The Morgan fingerprint density at radius 1 is 1.45 bits per heavy atom. The fraction of sp³-hybridized carbons (Fsp3) is 0.250. The van der Waals surface area contributed by atoms with E-state index in [1.165, 1.54) is 6.07 Å². The molecule has 0 saturated carbocycles. The summed E-state index contributed by atoms with van der Waals surface area (Å²) in [4.78, 5) is 16.0. The maximum absolute atomic E-state index is 14.0. The summed E-state index contributed by atoms with van der Waals surface area (Å²) in [6, 6.07) is 5.00. The molecule has 1 aliphatic heterocycles. The maximum atomic E-state index is 14.0. The zero-order chi connectivity index (χ0) is 14.3. The Bertz CT molecular complexity index is 673. The van der Waals surface area contributed by atoms with E-state index in [1.807, 2.05) is 19.1 Å². The second-order valence-electron chi connectivity index (χ2n) is 5.23. The molecule has 3 nitrogen and oxygen atoms in total. The molecule has 2 unspecified atom stereocenters. The van der Waals surface area contributed by atoms with Gasteiger partial charge in [-0.1, -0.05) is 24.3 Å². The molecule has 1 aromatic carbocycles. The number of nitrogens with zero attached hydrogens (tertiary/aromatic N) is 1. The highest BCUT2D eigenvalue weighted by Gasteiger charge is 2.35. The minimum Gasteiger partial charge on any atom is -0.366 e. The minimum atomic E-state index is -0.426. The maximum Gasteiger partial charge on any atom is 0.245 e. The highest BCUT2D eigenvalue weighted by molar-refractivity contribution is 6.04. The molecule has 3 rings (SSSR count). The van der Waals surface area contributed by atoms with Crippen LogP contribution in [0.5, 0.6) is 0 Å². The summed E-state index contributed by atoms with van der Waals surface area (Å²) in [6.07, 6.45) is 5.99. The first kappa shape index (κ1) is 12.8. The molecule has 1 amide bonds. The average molecular weight is 270 g/mol. The molecule has 0 bridgehead atoms. The van der Waals surface area contributed by atoms with Crippen LogP contribution in [0.4, 0.5) is 4.39 Å². The van der Waals surface area contributed by atoms with E-state index in [0.29, 0.717) is 23.3 Å². The van der Waals surface area contributed by atoms with Gasteiger partial charge in [0, 0.05) is 22.8 Å². The zero-order valence-corrected chi connectivity index (χ0v) is 11.1. The minimum absolute atomic E-state index is 0.0618. The first-order valence-electron chi connectivity index (χ1n) is 6.57. The third kappa shape index (κ3) is 2.07. The van der Waals surface area contributed by atoms with Crippen molar-refractivity contribution in [2.24, 2.45) is 16.6 Å². The first-order chi connectivity index (χ1) is 9.56. The fourth-order valence-electron chi connectivity index (χ4n) is 2.82. The van der Waals surface area contributed by atoms with Crippen LogP contribution in [-0.2, 0) is 4.79 Å². The van der Waals surface area contributed by atoms with Crippen molar-refractivity contribution >= 4 is 11.6 Å². The van der Waals surface area contributed by atoms with E-state index in [2.05, 4.69) is 4.99 Å².